The van der Waals surface area contributed by atoms with E-state index in [0.717, 1.165) is 21.6 Å². The van der Waals surface area contributed by atoms with E-state index < -0.39 is 29.7 Å². The zero-order chi connectivity index (χ0) is 24.1. The number of H-pyrrole nitrogens is 1. The predicted octanol–water partition coefficient (Wildman–Crippen LogP) is 1.99. The van der Waals surface area contributed by atoms with E-state index in [1.807, 2.05) is 43.3 Å². The molecule has 0 radical (unpaired) electrons. The average molecular weight is 450 g/mol. The summed E-state index contributed by atoms with van der Waals surface area (Å²) < 4.78 is 6.39. The van der Waals surface area contributed by atoms with E-state index in [0.29, 0.717) is 5.56 Å². The minimum absolute atomic E-state index is 0.0800. The molecule has 3 aromatic rings. The molecule has 1 amide bonds. The number of likely N-dealkylation sites (N-methyl/N-ethyl adjacent to an activating group) is 1. The number of ether oxygens (including phenoxy) is 1. The third-order valence-electron chi connectivity index (χ3n) is 5.22. The van der Waals surface area contributed by atoms with Gasteiger partial charge in [0, 0.05) is 6.54 Å². The lowest BCUT2D eigenvalue weighted by Crippen LogP contribution is -2.42. The first-order valence-corrected chi connectivity index (χ1v) is 10.4. The molecule has 33 heavy (non-hydrogen) atoms. The molecule has 172 valence electrons. The van der Waals surface area contributed by atoms with Crippen molar-refractivity contribution in [2.75, 3.05) is 23.8 Å². The molecule has 1 heterocycles. The average Bonchev–Trinajstić information content (AvgIpc) is 2.79. The normalized spacial score (nSPS) is 10.6. The lowest BCUT2D eigenvalue weighted by Gasteiger charge is -2.23. The van der Waals surface area contributed by atoms with E-state index in [4.69, 9.17) is 10.5 Å². The second kappa shape index (κ2) is 9.99. The molecule has 9 heteroatoms. The molecule has 0 unspecified atom stereocenters. The van der Waals surface area contributed by atoms with Crippen LogP contribution in [-0.2, 0) is 16.1 Å². The topological polar surface area (TPSA) is 127 Å². The van der Waals surface area contributed by atoms with Crippen LogP contribution in [-0.4, -0.2) is 34.6 Å². The van der Waals surface area contributed by atoms with Gasteiger partial charge < -0.3 is 15.4 Å². The van der Waals surface area contributed by atoms with Crippen molar-refractivity contribution in [3.8, 4) is 0 Å². The highest BCUT2D eigenvalue weighted by atomic mass is 16.5. The Labute approximate surface area is 190 Å². The zero-order valence-corrected chi connectivity index (χ0v) is 18.8. The molecule has 0 aliphatic carbocycles. The first kappa shape index (κ1) is 23.5. The molecule has 2 aromatic carbocycles. The van der Waals surface area contributed by atoms with E-state index in [2.05, 4.69) is 4.98 Å². The number of carbonyl (C=O) groups excluding carboxylic acids is 2. The Morgan fingerprint density at radius 3 is 2.45 bits per heavy atom. The molecule has 0 bridgehead atoms. The summed E-state index contributed by atoms with van der Waals surface area (Å²) in [4.78, 5) is 53.6. The third-order valence-corrected chi connectivity index (χ3v) is 5.22. The fourth-order valence-corrected chi connectivity index (χ4v) is 3.46. The van der Waals surface area contributed by atoms with Crippen molar-refractivity contribution in [2.24, 2.45) is 0 Å². The quantitative estimate of drug-likeness (QED) is 0.530. The number of aromatic nitrogens is 2. The summed E-state index contributed by atoms with van der Waals surface area (Å²) >= 11 is 0. The van der Waals surface area contributed by atoms with Crippen LogP contribution in [0.25, 0.3) is 0 Å². The van der Waals surface area contributed by atoms with Crippen LogP contribution < -0.4 is 21.9 Å². The number of nitrogens with zero attached hydrogens (tertiary/aromatic N) is 2. The molecule has 0 saturated heterocycles. The number of aromatic amines is 1. The summed E-state index contributed by atoms with van der Waals surface area (Å²) in [5.41, 5.74) is 7.29. The van der Waals surface area contributed by atoms with Crippen LogP contribution in [0.1, 0.15) is 34.0 Å². The summed E-state index contributed by atoms with van der Waals surface area (Å²) in [6.45, 7) is 4.87. The van der Waals surface area contributed by atoms with E-state index in [1.165, 1.54) is 4.57 Å². The van der Waals surface area contributed by atoms with Gasteiger partial charge in [0.05, 0.1) is 12.1 Å². The molecule has 0 spiro atoms. The molecule has 3 N–H and O–H groups in total. The van der Waals surface area contributed by atoms with Crippen LogP contribution in [0.5, 0.6) is 0 Å². The van der Waals surface area contributed by atoms with Crippen LogP contribution in [0.15, 0.2) is 58.1 Å². The number of anilines is 2. The van der Waals surface area contributed by atoms with Gasteiger partial charge >= 0.3 is 11.7 Å². The van der Waals surface area contributed by atoms with Crippen molar-refractivity contribution in [3.63, 3.8) is 0 Å². The third kappa shape index (κ3) is 5.20. The maximum atomic E-state index is 12.9. The van der Waals surface area contributed by atoms with Gasteiger partial charge in [-0.3, -0.25) is 19.1 Å². The van der Waals surface area contributed by atoms with Crippen LogP contribution >= 0.6 is 0 Å². The summed E-state index contributed by atoms with van der Waals surface area (Å²) in [5.74, 6) is -1.43. The molecule has 3 rings (SSSR count). The molecule has 0 atom stereocenters. The standard InChI is InChI=1S/C24H26N4O5/c1-4-27(19(29)14-33-23(31)18-12-15(2)10-11-16(18)3)20-21(25)28(24(32)26-22(20)30)13-17-8-6-5-7-9-17/h5-12H,4,13-14,25H2,1-3H3,(H,26,30,32). The number of amides is 1. The van der Waals surface area contributed by atoms with Gasteiger partial charge in [0.15, 0.2) is 12.3 Å². The van der Waals surface area contributed by atoms with Crippen molar-refractivity contribution < 1.29 is 14.3 Å². The van der Waals surface area contributed by atoms with Gasteiger partial charge in [-0.05, 0) is 38.0 Å². The molecular formula is C24H26N4O5. The van der Waals surface area contributed by atoms with Gasteiger partial charge in [-0.2, -0.15) is 0 Å². The van der Waals surface area contributed by atoms with Crippen molar-refractivity contribution in [1.29, 1.82) is 0 Å². The SMILES string of the molecule is CCN(C(=O)COC(=O)c1cc(C)ccc1C)c1c(N)n(Cc2ccccc2)c(=O)[nH]c1=O. The molecule has 0 fully saturated rings. The van der Waals surface area contributed by atoms with Crippen LogP contribution in [0, 0.1) is 13.8 Å². The van der Waals surface area contributed by atoms with E-state index in [9.17, 15) is 19.2 Å². The Balaban J connectivity index is 1.86. The number of nitrogens with two attached hydrogens (primary N) is 1. The second-order valence-electron chi connectivity index (χ2n) is 7.60. The predicted molar refractivity (Wildman–Crippen MR) is 126 cm³/mol. The molecule has 0 saturated carbocycles. The Morgan fingerprint density at radius 1 is 1.09 bits per heavy atom. The monoisotopic (exact) mass is 450 g/mol. The van der Waals surface area contributed by atoms with Gasteiger partial charge in [0.1, 0.15) is 5.82 Å². The highest BCUT2D eigenvalue weighted by molar-refractivity contribution is 5.98. The lowest BCUT2D eigenvalue weighted by molar-refractivity contribution is -0.121. The lowest BCUT2D eigenvalue weighted by atomic mass is 10.1. The number of rotatable bonds is 7. The number of aryl methyl sites for hydroxylation is 2. The van der Waals surface area contributed by atoms with Gasteiger partial charge in [-0.15, -0.1) is 0 Å². The first-order valence-electron chi connectivity index (χ1n) is 10.4. The summed E-state index contributed by atoms with van der Waals surface area (Å²) in [7, 11) is 0. The Hall–Kier alpha value is -4.14. The Morgan fingerprint density at radius 2 is 1.79 bits per heavy atom. The summed E-state index contributed by atoms with van der Waals surface area (Å²) in [6, 6.07) is 14.4. The fraction of sp³-hybridized carbons (Fsp3) is 0.250. The maximum absolute atomic E-state index is 12.9. The largest absolute Gasteiger partial charge is 0.452 e. The van der Waals surface area contributed by atoms with Crippen molar-refractivity contribution >= 4 is 23.4 Å². The van der Waals surface area contributed by atoms with E-state index in [-0.39, 0.29) is 24.6 Å². The van der Waals surface area contributed by atoms with Crippen LogP contribution in [0.2, 0.25) is 0 Å². The minimum Gasteiger partial charge on any atom is -0.452 e. The Bertz CT molecular complexity index is 1290. The maximum Gasteiger partial charge on any atom is 0.338 e. The molecule has 9 nitrogen and oxygen atoms in total. The summed E-state index contributed by atoms with van der Waals surface area (Å²) in [6.07, 6.45) is 0. The number of nitrogens with one attached hydrogen (secondary N) is 1. The molecular weight excluding hydrogens is 424 g/mol. The number of nitrogen functional groups attached to an aromatic ring is 1. The Kier molecular flexibility index (Phi) is 7.12. The fourth-order valence-electron chi connectivity index (χ4n) is 3.46. The highest BCUT2D eigenvalue weighted by Crippen LogP contribution is 2.18. The molecule has 1 aromatic heterocycles. The summed E-state index contributed by atoms with van der Waals surface area (Å²) in [5, 5.41) is 0. The van der Waals surface area contributed by atoms with E-state index in [1.54, 1.807) is 26.0 Å². The van der Waals surface area contributed by atoms with Crippen LogP contribution in [0.4, 0.5) is 11.5 Å². The smallest absolute Gasteiger partial charge is 0.338 e. The highest BCUT2D eigenvalue weighted by Gasteiger charge is 2.24. The molecule has 0 aliphatic heterocycles. The van der Waals surface area contributed by atoms with Crippen molar-refractivity contribution in [2.45, 2.75) is 27.3 Å². The minimum atomic E-state index is -0.794. The van der Waals surface area contributed by atoms with E-state index >= 15 is 0 Å². The van der Waals surface area contributed by atoms with Gasteiger partial charge in [0.2, 0.25) is 0 Å². The van der Waals surface area contributed by atoms with Gasteiger partial charge in [0.25, 0.3) is 11.5 Å². The first-order chi connectivity index (χ1) is 15.7. The zero-order valence-electron chi connectivity index (χ0n) is 18.8. The number of benzene rings is 2. The molecule has 0 aliphatic rings. The number of hydrogen-bond acceptors (Lipinski definition) is 6. The number of esters is 1. The van der Waals surface area contributed by atoms with Gasteiger partial charge in [-0.25, -0.2) is 9.59 Å². The van der Waals surface area contributed by atoms with Crippen LogP contribution in [0.3, 0.4) is 0 Å². The second-order valence-corrected chi connectivity index (χ2v) is 7.60. The van der Waals surface area contributed by atoms with Gasteiger partial charge in [-0.1, -0.05) is 48.0 Å². The van der Waals surface area contributed by atoms with Crippen molar-refractivity contribution in [3.05, 3.63) is 91.6 Å². The number of hydrogen-bond donors (Lipinski definition) is 2. The van der Waals surface area contributed by atoms with Crippen molar-refractivity contribution in [1.82, 2.24) is 9.55 Å². The number of carbonyl (C=O) groups is 2.